The molecule has 6 nitrogen and oxygen atoms in total. The second kappa shape index (κ2) is 4.96. The predicted octanol–water partition coefficient (Wildman–Crippen LogP) is 2.62. The Hall–Kier alpha value is -2.37. The van der Waals surface area contributed by atoms with E-state index in [1.807, 2.05) is 12.1 Å². The van der Waals surface area contributed by atoms with Crippen molar-refractivity contribution in [3.8, 4) is 11.4 Å². The minimum Gasteiger partial charge on any atom is -0.443 e. The number of nitrogens with zero attached hydrogens (tertiary/aromatic N) is 3. The molecule has 106 valence electrons. The molecule has 0 bridgehead atoms. The molecule has 0 saturated carbocycles. The number of ether oxygens (including phenoxy) is 1. The van der Waals surface area contributed by atoms with Gasteiger partial charge in [0.15, 0.2) is 5.82 Å². The first kappa shape index (κ1) is 14.0. The topological polar surface area (TPSA) is 83.0 Å². The van der Waals surface area contributed by atoms with E-state index in [1.165, 1.54) is 4.57 Å². The number of rotatable bonds is 1. The highest BCUT2D eigenvalue weighted by Gasteiger charge is 2.24. The number of para-hydroxylation sites is 1. The normalized spacial score (nSPS) is 11.4. The van der Waals surface area contributed by atoms with Gasteiger partial charge in [0.05, 0.1) is 0 Å². The molecule has 0 fully saturated rings. The van der Waals surface area contributed by atoms with Gasteiger partial charge in [0.25, 0.3) is 0 Å². The number of nitrogens with two attached hydrogens (primary N) is 1. The summed E-state index contributed by atoms with van der Waals surface area (Å²) in [6.07, 6.45) is -0.516. The highest BCUT2D eigenvalue weighted by atomic mass is 16.6. The van der Waals surface area contributed by atoms with Gasteiger partial charge in [-0.1, -0.05) is 12.1 Å². The molecule has 0 radical (unpaired) electrons. The van der Waals surface area contributed by atoms with Crippen molar-refractivity contribution >= 4 is 11.8 Å². The molecule has 2 N–H and O–H groups in total. The van der Waals surface area contributed by atoms with Crippen molar-refractivity contribution in [2.24, 2.45) is 0 Å². The quantitative estimate of drug-likeness (QED) is 0.808. The van der Waals surface area contributed by atoms with Gasteiger partial charge in [-0.15, -0.1) is 10.2 Å². The largest absolute Gasteiger partial charge is 0.443 e. The average molecular weight is 274 g/mol. The molecule has 1 aromatic carbocycles. The summed E-state index contributed by atoms with van der Waals surface area (Å²) in [6.45, 7) is 7.11. The second-order valence-electron chi connectivity index (χ2n) is 5.47. The molecule has 1 heterocycles. The van der Waals surface area contributed by atoms with Crippen LogP contribution >= 0.6 is 0 Å². The molecule has 0 atom stereocenters. The van der Waals surface area contributed by atoms with Crippen LogP contribution in [0, 0.1) is 6.92 Å². The Bertz CT molecular complexity index is 641. The maximum Gasteiger partial charge on any atom is 0.421 e. The van der Waals surface area contributed by atoms with Crippen molar-refractivity contribution < 1.29 is 9.53 Å². The lowest BCUT2D eigenvalue weighted by atomic mass is 10.1. The summed E-state index contributed by atoms with van der Waals surface area (Å²) in [7, 11) is 0. The summed E-state index contributed by atoms with van der Waals surface area (Å²) >= 11 is 0. The third-order valence-corrected chi connectivity index (χ3v) is 2.60. The van der Waals surface area contributed by atoms with E-state index in [-0.39, 0.29) is 0 Å². The summed E-state index contributed by atoms with van der Waals surface area (Å²) in [5.74, 6) is 0.840. The second-order valence-corrected chi connectivity index (χ2v) is 5.47. The summed E-state index contributed by atoms with van der Waals surface area (Å²) in [6, 6.07) is 7.19. The average Bonchev–Trinajstić information content (AvgIpc) is 2.69. The number of aryl methyl sites for hydroxylation is 1. The van der Waals surface area contributed by atoms with Gasteiger partial charge in [0.2, 0.25) is 0 Å². The number of benzene rings is 1. The molecule has 0 aliphatic rings. The molecular formula is C14H18N4O2. The number of aromatic nitrogens is 3. The van der Waals surface area contributed by atoms with E-state index in [4.69, 9.17) is 10.5 Å². The SMILES string of the molecule is Cc1nnc(-c2ccccc2N)n1C(=O)OC(C)(C)C. The number of carbonyl (C=O) groups is 1. The highest BCUT2D eigenvalue weighted by Crippen LogP contribution is 2.25. The van der Waals surface area contributed by atoms with Crippen molar-refractivity contribution in [3.63, 3.8) is 0 Å². The van der Waals surface area contributed by atoms with Crippen LogP contribution in [0.25, 0.3) is 11.4 Å². The van der Waals surface area contributed by atoms with Crippen LogP contribution in [0.3, 0.4) is 0 Å². The van der Waals surface area contributed by atoms with Gasteiger partial charge in [0.1, 0.15) is 11.4 Å². The zero-order chi connectivity index (χ0) is 14.9. The number of anilines is 1. The molecule has 2 rings (SSSR count). The Morgan fingerprint density at radius 2 is 1.90 bits per heavy atom. The first-order valence-corrected chi connectivity index (χ1v) is 6.30. The number of hydrogen-bond donors (Lipinski definition) is 1. The van der Waals surface area contributed by atoms with Gasteiger partial charge in [-0.25, -0.2) is 9.36 Å². The van der Waals surface area contributed by atoms with Crippen molar-refractivity contribution in [1.29, 1.82) is 0 Å². The molecule has 0 aliphatic carbocycles. The lowest BCUT2D eigenvalue weighted by molar-refractivity contribution is 0.0536. The molecule has 0 amide bonds. The maximum absolute atomic E-state index is 12.3. The van der Waals surface area contributed by atoms with Crippen LogP contribution in [0.1, 0.15) is 26.6 Å². The van der Waals surface area contributed by atoms with Crippen LogP contribution in [0.15, 0.2) is 24.3 Å². The standard InChI is InChI=1S/C14H18N4O2/c1-9-16-17-12(10-7-5-6-8-11(10)15)18(9)13(19)20-14(2,3)4/h5-8H,15H2,1-4H3. The molecular weight excluding hydrogens is 256 g/mol. The lowest BCUT2D eigenvalue weighted by Gasteiger charge is -2.20. The third kappa shape index (κ3) is 2.79. The fourth-order valence-electron chi connectivity index (χ4n) is 1.76. The molecule has 0 aliphatic heterocycles. The van der Waals surface area contributed by atoms with Crippen LogP contribution < -0.4 is 5.73 Å². The molecule has 1 aromatic heterocycles. The molecule has 0 unspecified atom stereocenters. The number of hydrogen-bond acceptors (Lipinski definition) is 5. The van der Waals surface area contributed by atoms with E-state index in [0.29, 0.717) is 22.9 Å². The van der Waals surface area contributed by atoms with Crippen molar-refractivity contribution in [2.75, 3.05) is 5.73 Å². The van der Waals surface area contributed by atoms with Crippen molar-refractivity contribution in [2.45, 2.75) is 33.3 Å². The Kier molecular flexibility index (Phi) is 3.48. The Labute approximate surface area is 117 Å². The van der Waals surface area contributed by atoms with Crippen LogP contribution in [-0.2, 0) is 4.74 Å². The zero-order valence-electron chi connectivity index (χ0n) is 12.0. The Morgan fingerprint density at radius 3 is 2.50 bits per heavy atom. The summed E-state index contributed by atoms with van der Waals surface area (Å²) in [5, 5.41) is 7.97. The van der Waals surface area contributed by atoms with E-state index in [2.05, 4.69) is 10.2 Å². The van der Waals surface area contributed by atoms with Crippen LogP contribution in [0.4, 0.5) is 10.5 Å². The number of nitrogen functional groups attached to an aromatic ring is 1. The predicted molar refractivity (Wildman–Crippen MR) is 76.2 cm³/mol. The van der Waals surface area contributed by atoms with E-state index in [9.17, 15) is 4.79 Å². The van der Waals surface area contributed by atoms with Crippen molar-refractivity contribution in [3.05, 3.63) is 30.1 Å². The van der Waals surface area contributed by atoms with Crippen molar-refractivity contribution in [1.82, 2.24) is 14.8 Å². The van der Waals surface area contributed by atoms with Crippen LogP contribution in [0.2, 0.25) is 0 Å². The summed E-state index contributed by atoms with van der Waals surface area (Å²) in [5.41, 5.74) is 6.52. The lowest BCUT2D eigenvalue weighted by Crippen LogP contribution is -2.28. The van der Waals surface area contributed by atoms with Gasteiger partial charge < -0.3 is 10.5 Å². The molecule has 6 heteroatoms. The minimum absolute atomic E-state index is 0.384. The van der Waals surface area contributed by atoms with E-state index in [0.717, 1.165) is 0 Å². The monoisotopic (exact) mass is 274 g/mol. The smallest absolute Gasteiger partial charge is 0.421 e. The van der Waals surface area contributed by atoms with E-state index in [1.54, 1.807) is 39.8 Å². The third-order valence-electron chi connectivity index (χ3n) is 2.60. The minimum atomic E-state index is -0.590. The van der Waals surface area contributed by atoms with Gasteiger partial charge in [-0.2, -0.15) is 0 Å². The molecule has 0 saturated heterocycles. The Balaban J connectivity index is 2.48. The van der Waals surface area contributed by atoms with Gasteiger partial charge >= 0.3 is 6.09 Å². The summed E-state index contributed by atoms with van der Waals surface area (Å²) in [4.78, 5) is 12.3. The van der Waals surface area contributed by atoms with E-state index >= 15 is 0 Å². The van der Waals surface area contributed by atoms with Gasteiger partial charge in [-0.05, 0) is 39.8 Å². The van der Waals surface area contributed by atoms with Crippen LogP contribution in [0.5, 0.6) is 0 Å². The highest BCUT2D eigenvalue weighted by molar-refractivity contribution is 5.81. The number of carbonyl (C=O) groups excluding carboxylic acids is 1. The maximum atomic E-state index is 12.3. The molecule has 20 heavy (non-hydrogen) atoms. The molecule has 0 spiro atoms. The summed E-state index contributed by atoms with van der Waals surface area (Å²) < 4.78 is 6.70. The van der Waals surface area contributed by atoms with Gasteiger partial charge in [0, 0.05) is 11.3 Å². The fourth-order valence-corrected chi connectivity index (χ4v) is 1.76. The van der Waals surface area contributed by atoms with E-state index < -0.39 is 11.7 Å². The first-order valence-electron chi connectivity index (χ1n) is 6.30. The zero-order valence-corrected chi connectivity index (χ0v) is 12.0. The Morgan fingerprint density at radius 1 is 1.25 bits per heavy atom. The first-order chi connectivity index (χ1) is 9.29. The fraction of sp³-hybridized carbons (Fsp3) is 0.357. The molecule has 2 aromatic rings. The van der Waals surface area contributed by atoms with Gasteiger partial charge in [-0.3, -0.25) is 0 Å². The van der Waals surface area contributed by atoms with Crippen LogP contribution in [-0.4, -0.2) is 26.5 Å².